The maximum absolute atomic E-state index is 11.9. The quantitative estimate of drug-likeness (QED) is 0.578. The molecule has 6 heteroatoms. The largest absolute Gasteiger partial charge is 0.313 e. The fourth-order valence-corrected chi connectivity index (χ4v) is 2.87. The van der Waals surface area contributed by atoms with E-state index in [0.29, 0.717) is 32.2 Å². The van der Waals surface area contributed by atoms with Crippen LogP contribution in [0.15, 0.2) is 0 Å². The van der Waals surface area contributed by atoms with Gasteiger partial charge in [-0.05, 0) is 12.8 Å². The smallest absolute Gasteiger partial charge is 0.279 e. The Kier molecular flexibility index (Phi) is 8.77. The van der Waals surface area contributed by atoms with Crippen molar-refractivity contribution in [3.8, 4) is 0 Å². The lowest BCUT2D eigenvalue weighted by molar-refractivity contribution is 0.401. The third kappa shape index (κ3) is 7.70. The Hall–Kier alpha value is -0.170. The van der Waals surface area contributed by atoms with Crippen molar-refractivity contribution in [3.05, 3.63) is 0 Å². The normalized spacial score (nSPS) is 12.6. The van der Waals surface area contributed by atoms with Gasteiger partial charge in [0.1, 0.15) is 0 Å². The summed E-state index contributed by atoms with van der Waals surface area (Å²) < 4.78 is 28.0. The maximum atomic E-state index is 11.9. The number of rotatable bonds is 10. The molecule has 17 heavy (non-hydrogen) atoms. The van der Waals surface area contributed by atoms with Gasteiger partial charge in [0.15, 0.2) is 0 Å². The summed E-state index contributed by atoms with van der Waals surface area (Å²) in [5.41, 5.74) is 0. The molecule has 0 fully saturated rings. The number of nitrogens with one attached hydrogen (secondary N) is 2. The Labute approximate surface area is 106 Å². The molecule has 0 atom stereocenters. The third-order valence-electron chi connectivity index (χ3n) is 2.25. The molecule has 5 nitrogen and oxygen atoms in total. The molecule has 0 radical (unpaired) electrons. The van der Waals surface area contributed by atoms with Crippen LogP contribution in [-0.2, 0) is 10.2 Å². The van der Waals surface area contributed by atoms with E-state index in [1.54, 1.807) is 0 Å². The molecule has 0 aliphatic heterocycles. The van der Waals surface area contributed by atoms with Gasteiger partial charge in [-0.15, -0.1) is 0 Å². The van der Waals surface area contributed by atoms with E-state index in [0.717, 1.165) is 12.8 Å². The van der Waals surface area contributed by atoms with E-state index >= 15 is 0 Å². The van der Waals surface area contributed by atoms with Gasteiger partial charge in [-0.3, -0.25) is 0 Å². The van der Waals surface area contributed by atoms with Gasteiger partial charge >= 0.3 is 0 Å². The van der Waals surface area contributed by atoms with Gasteiger partial charge in [0.05, 0.1) is 0 Å². The molecule has 104 valence electrons. The summed E-state index contributed by atoms with van der Waals surface area (Å²) in [6.07, 6.45) is 1.68. The first kappa shape index (κ1) is 16.8. The monoisotopic (exact) mass is 265 g/mol. The van der Waals surface area contributed by atoms with Crippen molar-refractivity contribution in [1.82, 2.24) is 14.3 Å². The average molecular weight is 265 g/mol. The summed E-state index contributed by atoms with van der Waals surface area (Å²) in [5, 5.41) is 3.18. The van der Waals surface area contributed by atoms with E-state index in [9.17, 15) is 8.42 Å². The summed E-state index contributed by atoms with van der Waals surface area (Å²) in [7, 11) is -3.30. The van der Waals surface area contributed by atoms with Crippen molar-refractivity contribution >= 4 is 10.2 Å². The maximum Gasteiger partial charge on any atom is 0.279 e. The molecule has 0 heterocycles. The van der Waals surface area contributed by atoms with E-state index in [1.165, 1.54) is 4.31 Å². The topological polar surface area (TPSA) is 61.4 Å². The minimum Gasteiger partial charge on any atom is -0.313 e. The predicted molar refractivity (Wildman–Crippen MR) is 72.2 cm³/mol. The molecule has 2 N–H and O–H groups in total. The van der Waals surface area contributed by atoms with Crippen LogP contribution in [0.4, 0.5) is 0 Å². The molecule has 0 aliphatic rings. The number of hydrogen-bond acceptors (Lipinski definition) is 3. The van der Waals surface area contributed by atoms with Crippen LogP contribution in [0.2, 0.25) is 0 Å². The first-order chi connectivity index (χ1) is 7.94. The Morgan fingerprint density at radius 2 is 1.59 bits per heavy atom. The Morgan fingerprint density at radius 3 is 2.00 bits per heavy atom. The molecular formula is C11H27N3O2S. The fraction of sp³-hybridized carbons (Fsp3) is 1.00. The van der Waals surface area contributed by atoms with Crippen molar-refractivity contribution in [2.45, 2.75) is 46.6 Å². The van der Waals surface area contributed by atoms with E-state index in [1.807, 2.05) is 27.7 Å². The number of nitrogens with zero attached hydrogens (tertiary/aromatic N) is 1. The van der Waals surface area contributed by atoms with Crippen molar-refractivity contribution in [1.29, 1.82) is 0 Å². The van der Waals surface area contributed by atoms with Crippen LogP contribution in [0.1, 0.15) is 40.5 Å². The molecule has 0 aromatic heterocycles. The number of hydrogen-bond donors (Lipinski definition) is 2. The summed E-state index contributed by atoms with van der Waals surface area (Å²) in [6.45, 7) is 10.3. The van der Waals surface area contributed by atoms with Crippen molar-refractivity contribution in [2.75, 3.05) is 26.2 Å². The molecule has 0 unspecified atom stereocenters. The second-order valence-corrected chi connectivity index (χ2v) is 6.16. The minimum absolute atomic E-state index is 0.377. The molecule has 0 aliphatic carbocycles. The second-order valence-electron chi connectivity index (χ2n) is 4.41. The highest BCUT2D eigenvalue weighted by Crippen LogP contribution is 2.00. The SMILES string of the molecule is CCCN(CCC)S(=O)(=O)NCCNC(C)C. The molecule has 0 saturated carbocycles. The summed E-state index contributed by atoms with van der Waals surface area (Å²) in [5.74, 6) is 0. The van der Waals surface area contributed by atoms with E-state index in [4.69, 9.17) is 0 Å². The average Bonchev–Trinajstić information content (AvgIpc) is 2.24. The fourth-order valence-electron chi connectivity index (χ4n) is 1.48. The van der Waals surface area contributed by atoms with Crippen LogP contribution >= 0.6 is 0 Å². The van der Waals surface area contributed by atoms with Gasteiger partial charge in [0.25, 0.3) is 10.2 Å². The zero-order valence-electron chi connectivity index (χ0n) is 11.5. The van der Waals surface area contributed by atoms with Crippen LogP contribution < -0.4 is 10.0 Å². The minimum atomic E-state index is -3.30. The molecule has 0 aromatic rings. The highest BCUT2D eigenvalue weighted by Gasteiger charge is 2.19. The highest BCUT2D eigenvalue weighted by molar-refractivity contribution is 7.87. The Balaban J connectivity index is 4.13. The summed E-state index contributed by atoms with van der Waals surface area (Å²) in [6, 6.07) is 0.377. The molecule has 0 aromatic carbocycles. The lowest BCUT2D eigenvalue weighted by Gasteiger charge is -2.21. The first-order valence-electron chi connectivity index (χ1n) is 6.42. The van der Waals surface area contributed by atoms with Crippen LogP contribution in [0.5, 0.6) is 0 Å². The Morgan fingerprint density at radius 1 is 1.06 bits per heavy atom. The molecule has 0 spiro atoms. The third-order valence-corrected chi connectivity index (χ3v) is 3.86. The van der Waals surface area contributed by atoms with Crippen LogP contribution in [-0.4, -0.2) is 44.9 Å². The zero-order valence-corrected chi connectivity index (χ0v) is 12.3. The van der Waals surface area contributed by atoms with Gasteiger partial charge < -0.3 is 5.32 Å². The van der Waals surface area contributed by atoms with E-state index in [-0.39, 0.29) is 0 Å². The van der Waals surface area contributed by atoms with Gasteiger partial charge in [-0.2, -0.15) is 12.7 Å². The Bertz CT molecular complexity index is 272. The van der Waals surface area contributed by atoms with Gasteiger partial charge in [-0.1, -0.05) is 27.7 Å². The molecule has 0 bridgehead atoms. The van der Waals surface area contributed by atoms with Crippen molar-refractivity contribution < 1.29 is 8.42 Å². The standard InChI is InChI=1S/C11H27N3O2S/c1-5-9-14(10-6-2)17(15,16)13-8-7-12-11(3)4/h11-13H,5-10H2,1-4H3. The van der Waals surface area contributed by atoms with Crippen molar-refractivity contribution in [2.24, 2.45) is 0 Å². The summed E-state index contributed by atoms with van der Waals surface area (Å²) in [4.78, 5) is 0. The van der Waals surface area contributed by atoms with Gasteiger partial charge in [0, 0.05) is 32.2 Å². The van der Waals surface area contributed by atoms with E-state index < -0.39 is 10.2 Å². The van der Waals surface area contributed by atoms with Crippen LogP contribution in [0.3, 0.4) is 0 Å². The molecular weight excluding hydrogens is 238 g/mol. The van der Waals surface area contributed by atoms with Crippen molar-refractivity contribution in [3.63, 3.8) is 0 Å². The lowest BCUT2D eigenvalue weighted by Crippen LogP contribution is -2.44. The lowest BCUT2D eigenvalue weighted by atomic mass is 10.4. The molecule has 0 amide bonds. The highest BCUT2D eigenvalue weighted by atomic mass is 32.2. The van der Waals surface area contributed by atoms with Crippen LogP contribution in [0, 0.1) is 0 Å². The predicted octanol–water partition coefficient (Wildman–Crippen LogP) is 0.941. The molecule has 0 saturated heterocycles. The second kappa shape index (κ2) is 8.85. The van der Waals surface area contributed by atoms with Gasteiger partial charge in [-0.25, -0.2) is 4.72 Å². The summed E-state index contributed by atoms with van der Waals surface area (Å²) >= 11 is 0. The first-order valence-corrected chi connectivity index (χ1v) is 7.86. The van der Waals surface area contributed by atoms with E-state index in [2.05, 4.69) is 10.0 Å². The van der Waals surface area contributed by atoms with Crippen LogP contribution in [0.25, 0.3) is 0 Å². The molecule has 0 rings (SSSR count). The zero-order chi connectivity index (χ0) is 13.3. The van der Waals surface area contributed by atoms with Gasteiger partial charge in [0.2, 0.25) is 0 Å².